The maximum Gasteiger partial charge on any atom is 0.137 e. The van der Waals surface area contributed by atoms with Crippen LogP contribution in [0.5, 0.6) is 0 Å². The van der Waals surface area contributed by atoms with Crippen molar-refractivity contribution in [3.63, 3.8) is 0 Å². The summed E-state index contributed by atoms with van der Waals surface area (Å²) in [6, 6.07) is 4.18. The maximum atomic E-state index is 6.22. The van der Waals surface area contributed by atoms with Crippen molar-refractivity contribution < 1.29 is 0 Å². The van der Waals surface area contributed by atoms with E-state index in [0.717, 1.165) is 24.2 Å². The molecule has 3 heteroatoms. The second kappa shape index (κ2) is 3.10. The van der Waals surface area contributed by atoms with Crippen LogP contribution in [-0.4, -0.2) is 9.38 Å². The van der Waals surface area contributed by atoms with Gasteiger partial charge in [-0.2, -0.15) is 0 Å². The highest BCUT2D eigenvalue weighted by Crippen LogP contribution is 2.42. The molecule has 0 aromatic carbocycles. The zero-order valence-electron chi connectivity index (χ0n) is 10.7. The van der Waals surface area contributed by atoms with Gasteiger partial charge >= 0.3 is 0 Å². The van der Waals surface area contributed by atoms with Crippen LogP contribution in [0.4, 0.5) is 0 Å². The lowest BCUT2D eigenvalue weighted by molar-refractivity contribution is 0.573. The molecule has 1 saturated carbocycles. The first kappa shape index (κ1) is 10.8. The van der Waals surface area contributed by atoms with Crippen LogP contribution in [0, 0.1) is 0 Å². The Morgan fingerprint density at radius 2 is 1.94 bits per heavy atom. The van der Waals surface area contributed by atoms with Crippen LogP contribution < -0.4 is 5.73 Å². The van der Waals surface area contributed by atoms with E-state index in [2.05, 4.69) is 54.7 Å². The van der Waals surface area contributed by atoms with Gasteiger partial charge in [0.2, 0.25) is 0 Å². The molecule has 3 nitrogen and oxygen atoms in total. The number of pyridine rings is 1. The van der Waals surface area contributed by atoms with Crippen molar-refractivity contribution in [1.29, 1.82) is 0 Å². The number of fused-ring (bicyclic) bond motifs is 1. The van der Waals surface area contributed by atoms with E-state index in [4.69, 9.17) is 5.73 Å². The van der Waals surface area contributed by atoms with Gasteiger partial charge < -0.3 is 10.1 Å². The van der Waals surface area contributed by atoms with Gasteiger partial charge in [0.05, 0.1) is 5.69 Å². The molecule has 0 amide bonds. The van der Waals surface area contributed by atoms with Gasteiger partial charge in [0.1, 0.15) is 5.65 Å². The second-order valence-corrected chi connectivity index (χ2v) is 6.22. The summed E-state index contributed by atoms with van der Waals surface area (Å²) in [7, 11) is 0. The van der Waals surface area contributed by atoms with Crippen LogP contribution in [0.25, 0.3) is 5.65 Å². The molecular formula is C14H19N3. The number of imidazole rings is 1. The molecule has 0 aliphatic heterocycles. The minimum absolute atomic E-state index is 0.0691. The Hall–Kier alpha value is -1.35. The van der Waals surface area contributed by atoms with E-state index in [-0.39, 0.29) is 11.0 Å². The lowest BCUT2D eigenvalue weighted by Gasteiger charge is -2.13. The molecule has 0 bridgehead atoms. The van der Waals surface area contributed by atoms with E-state index in [1.165, 1.54) is 5.56 Å². The number of hydrogen-bond acceptors (Lipinski definition) is 2. The fourth-order valence-corrected chi connectivity index (χ4v) is 2.07. The number of hydrogen-bond donors (Lipinski definition) is 1. The fourth-order valence-electron chi connectivity index (χ4n) is 2.07. The monoisotopic (exact) mass is 229 g/mol. The van der Waals surface area contributed by atoms with Crippen molar-refractivity contribution in [2.24, 2.45) is 5.73 Å². The van der Waals surface area contributed by atoms with Gasteiger partial charge in [-0.3, -0.25) is 0 Å². The van der Waals surface area contributed by atoms with Crippen LogP contribution in [0.2, 0.25) is 0 Å². The fraction of sp³-hybridized carbons (Fsp3) is 0.500. The quantitative estimate of drug-likeness (QED) is 0.816. The molecule has 0 saturated heterocycles. The molecule has 1 aliphatic rings. The van der Waals surface area contributed by atoms with E-state index >= 15 is 0 Å². The third kappa shape index (κ3) is 1.75. The van der Waals surface area contributed by atoms with Gasteiger partial charge in [-0.15, -0.1) is 0 Å². The van der Waals surface area contributed by atoms with Gasteiger partial charge in [0.25, 0.3) is 0 Å². The molecule has 1 aliphatic carbocycles. The molecule has 2 N–H and O–H groups in total. The van der Waals surface area contributed by atoms with Crippen molar-refractivity contribution in [2.75, 3.05) is 0 Å². The minimum Gasteiger partial charge on any atom is -0.321 e. The summed E-state index contributed by atoms with van der Waals surface area (Å²) in [6.07, 6.45) is 6.44. The van der Waals surface area contributed by atoms with Crippen LogP contribution in [0.1, 0.15) is 44.9 Å². The molecule has 2 aromatic heterocycles. The Morgan fingerprint density at radius 3 is 2.53 bits per heavy atom. The van der Waals surface area contributed by atoms with Gasteiger partial charge in [-0.1, -0.05) is 26.8 Å². The van der Waals surface area contributed by atoms with Crippen molar-refractivity contribution in [1.82, 2.24) is 9.38 Å². The number of nitrogens with two attached hydrogens (primary N) is 1. The smallest absolute Gasteiger partial charge is 0.137 e. The standard InChI is InChI=1S/C14H19N3/c1-13(2,3)11-9-17-8-10(14(15)6-7-14)4-5-12(17)16-11/h4-5,8-9H,6-7,15H2,1-3H3. The maximum absolute atomic E-state index is 6.22. The van der Waals surface area contributed by atoms with Crippen molar-refractivity contribution in [2.45, 2.75) is 44.6 Å². The highest BCUT2D eigenvalue weighted by atomic mass is 15.0. The summed E-state index contributed by atoms with van der Waals surface area (Å²) in [5, 5.41) is 0. The van der Waals surface area contributed by atoms with Crippen molar-refractivity contribution in [3.8, 4) is 0 Å². The van der Waals surface area contributed by atoms with Gasteiger partial charge in [0, 0.05) is 23.3 Å². The Morgan fingerprint density at radius 1 is 1.24 bits per heavy atom. The Kier molecular flexibility index (Phi) is 1.97. The molecular weight excluding hydrogens is 210 g/mol. The first-order chi connectivity index (χ1) is 7.88. The Bertz CT molecular complexity index is 567. The van der Waals surface area contributed by atoms with E-state index < -0.39 is 0 Å². The molecule has 0 spiro atoms. The summed E-state index contributed by atoms with van der Waals surface area (Å²) in [5.74, 6) is 0. The molecule has 90 valence electrons. The summed E-state index contributed by atoms with van der Waals surface area (Å²) in [6.45, 7) is 6.54. The predicted molar refractivity (Wildman–Crippen MR) is 69.0 cm³/mol. The van der Waals surface area contributed by atoms with E-state index in [1.54, 1.807) is 0 Å². The zero-order valence-corrected chi connectivity index (χ0v) is 10.7. The molecule has 3 rings (SSSR count). The highest BCUT2D eigenvalue weighted by molar-refractivity contribution is 5.44. The van der Waals surface area contributed by atoms with E-state index in [9.17, 15) is 0 Å². The van der Waals surface area contributed by atoms with Gasteiger partial charge in [0.15, 0.2) is 0 Å². The minimum atomic E-state index is -0.0691. The third-order valence-electron chi connectivity index (χ3n) is 3.58. The largest absolute Gasteiger partial charge is 0.321 e. The molecule has 0 atom stereocenters. The third-order valence-corrected chi connectivity index (χ3v) is 3.58. The molecule has 17 heavy (non-hydrogen) atoms. The van der Waals surface area contributed by atoms with Gasteiger partial charge in [-0.05, 0) is 24.5 Å². The van der Waals surface area contributed by atoms with Gasteiger partial charge in [-0.25, -0.2) is 4.98 Å². The molecule has 0 radical (unpaired) electrons. The van der Waals surface area contributed by atoms with E-state index in [1.807, 2.05) is 0 Å². The topological polar surface area (TPSA) is 43.3 Å². The summed E-state index contributed by atoms with van der Waals surface area (Å²) >= 11 is 0. The molecule has 2 heterocycles. The molecule has 0 unspecified atom stereocenters. The lowest BCUT2D eigenvalue weighted by Crippen LogP contribution is -2.18. The summed E-state index contributed by atoms with van der Waals surface area (Å²) < 4.78 is 2.10. The first-order valence-corrected chi connectivity index (χ1v) is 6.17. The van der Waals surface area contributed by atoms with Crippen molar-refractivity contribution in [3.05, 3.63) is 35.8 Å². The molecule has 1 fully saturated rings. The van der Waals surface area contributed by atoms with Crippen LogP contribution in [-0.2, 0) is 11.0 Å². The number of aromatic nitrogens is 2. The lowest BCUT2D eigenvalue weighted by atomic mass is 9.93. The second-order valence-electron chi connectivity index (χ2n) is 6.22. The SMILES string of the molecule is CC(C)(C)c1cn2cc(C3(N)CC3)ccc2n1. The Labute approximate surface area is 102 Å². The average molecular weight is 229 g/mol. The predicted octanol–water partition coefficient (Wildman–Crippen LogP) is 2.58. The number of rotatable bonds is 1. The molecule has 2 aromatic rings. The van der Waals surface area contributed by atoms with Crippen LogP contribution in [0.15, 0.2) is 24.5 Å². The highest BCUT2D eigenvalue weighted by Gasteiger charge is 2.40. The van der Waals surface area contributed by atoms with E-state index in [0.29, 0.717) is 0 Å². The first-order valence-electron chi connectivity index (χ1n) is 6.17. The zero-order chi connectivity index (χ0) is 12.3. The number of nitrogens with zero attached hydrogens (tertiary/aromatic N) is 2. The summed E-state index contributed by atoms with van der Waals surface area (Å²) in [4.78, 5) is 4.65. The summed E-state index contributed by atoms with van der Waals surface area (Å²) in [5.41, 5.74) is 9.59. The van der Waals surface area contributed by atoms with Crippen molar-refractivity contribution >= 4 is 5.65 Å². The Balaban J connectivity index is 2.11. The normalized spacial score (nSPS) is 18.6. The average Bonchev–Trinajstić information content (AvgIpc) is 2.85. The van der Waals surface area contributed by atoms with Crippen LogP contribution >= 0.6 is 0 Å². The van der Waals surface area contributed by atoms with Crippen LogP contribution in [0.3, 0.4) is 0 Å².